The van der Waals surface area contributed by atoms with Crippen LogP contribution in [0.1, 0.15) is 59.8 Å². The molecule has 0 aromatic rings. The highest BCUT2D eigenvalue weighted by Gasteiger charge is 2.60. The van der Waals surface area contributed by atoms with Gasteiger partial charge in [0.05, 0.1) is 80.6 Å². The van der Waals surface area contributed by atoms with Crippen molar-refractivity contribution in [3.8, 4) is 0 Å². The van der Waals surface area contributed by atoms with Gasteiger partial charge in [-0.05, 0) is 23.0 Å². The molecule has 26 aliphatic heterocycles. The van der Waals surface area contributed by atoms with E-state index in [0.29, 0.717) is 23.0 Å². The Morgan fingerprint density at radius 3 is 0.704 bits per heavy atom. The first-order chi connectivity index (χ1) is 54.9. The fourth-order valence-corrected chi connectivity index (χ4v) is 21.0. The number of carboxylic acid groups (broad SMARTS) is 4. The van der Waals surface area contributed by atoms with E-state index >= 15 is 0 Å². The lowest BCUT2D eigenvalue weighted by Gasteiger charge is -2.50. The number of aliphatic hydroxyl groups excluding tert-OH is 15. The lowest BCUT2D eigenvalue weighted by molar-refractivity contribution is -0.391. The predicted octanol–water partition coefficient (Wildman–Crippen LogP) is -4.47. The normalized spacial score (nSPS) is 44.4. The van der Waals surface area contributed by atoms with Crippen molar-refractivity contribution < 1.29 is 192 Å². The highest BCUT2D eigenvalue weighted by molar-refractivity contribution is 8.00. The minimum atomic E-state index is -2.22. The molecule has 26 rings (SSSR count). The zero-order valence-corrected chi connectivity index (χ0v) is 69.8. The molecule has 19 N–H and O–H groups in total. The zero-order chi connectivity index (χ0) is 83.6. The molecule has 16 bridgehead atoms. The van der Waals surface area contributed by atoms with Gasteiger partial charge in [0.25, 0.3) is 0 Å². The number of carboxylic acids is 4. The molecule has 0 aliphatic carbocycles. The second-order valence-corrected chi connectivity index (χ2v) is 38.3. The van der Waals surface area contributed by atoms with Gasteiger partial charge in [0.1, 0.15) is 134 Å². The monoisotopic (exact) mass is 1810 g/mol. The van der Waals surface area contributed by atoms with E-state index in [0.717, 1.165) is 47.0 Å². The molecule has 26 heterocycles. The van der Waals surface area contributed by atoms with Crippen molar-refractivity contribution in [2.24, 2.45) is 0 Å². The number of ether oxygens (including phenoxy) is 16. The van der Waals surface area contributed by atoms with Crippen LogP contribution in [0.3, 0.4) is 0 Å². The van der Waals surface area contributed by atoms with E-state index in [1.165, 1.54) is 47.0 Å². The molecular weight excluding hydrogens is 1700 g/mol. The van der Waals surface area contributed by atoms with E-state index in [1.54, 1.807) is 6.92 Å². The highest BCUT2D eigenvalue weighted by atomic mass is 32.2. The lowest BCUT2D eigenvalue weighted by atomic mass is 9.95. The zero-order valence-electron chi connectivity index (χ0n) is 63.3. The van der Waals surface area contributed by atoms with Crippen molar-refractivity contribution in [1.82, 2.24) is 0 Å². The van der Waals surface area contributed by atoms with E-state index in [-0.39, 0.29) is 88.3 Å². The number of carbonyl (C=O) groups is 4. The van der Waals surface area contributed by atoms with E-state index in [2.05, 4.69) is 0 Å². The summed E-state index contributed by atoms with van der Waals surface area (Å²) >= 11 is 9.21. The molecular formula is C68H112O39S8. The first kappa shape index (κ1) is 98.2. The second kappa shape index (κ2) is 47.7. The Hall–Kier alpha value is -0.560. The third-order valence-electron chi connectivity index (χ3n) is 20.3. The maximum atomic E-state index is 12.3. The molecule has 39 atom stereocenters. The Morgan fingerprint density at radius 2 is 0.443 bits per heavy atom. The van der Waals surface area contributed by atoms with Crippen LogP contribution in [-0.2, 0) is 95.0 Å². The topological polar surface area (TPSA) is 600 Å². The van der Waals surface area contributed by atoms with Crippen LogP contribution in [0.5, 0.6) is 0 Å². The quantitative estimate of drug-likeness (QED) is 0.0282. The number of hydrogen-bond donors (Lipinski definition) is 19. The molecule has 0 radical (unpaired) electrons. The van der Waals surface area contributed by atoms with Crippen LogP contribution >= 0.6 is 94.1 Å². The summed E-state index contributed by atoms with van der Waals surface area (Å²) < 4.78 is 102. The molecule has 47 heteroatoms. The van der Waals surface area contributed by atoms with Crippen LogP contribution in [0.4, 0.5) is 0 Å². The van der Waals surface area contributed by atoms with Crippen LogP contribution in [0.15, 0.2) is 0 Å². The number of aliphatic hydroxyl groups is 15. The van der Waals surface area contributed by atoms with E-state index in [9.17, 15) is 116 Å². The van der Waals surface area contributed by atoms with Crippen molar-refractivity contribution in [3.05, 3.63) is 0 Å². The van der Waals surface area contributed by atoms with Crippen molar-refractivity contribution in [2.75, 3.05) is 92.0 Å². The Bertz CT molecular complexity index is 2930. The predicted molar refractivity (Wildman–Crippen MR) is 413 cm³/mol. The summed E-state index contributed by atoms with van der Waals surface area (Å²) in [6.07, 6.45) is -71.3. The first-order valence-corrected chi connectivity index (χ1v) is 47.3. The minimum Gasteiger partial charge on any atom is -0.481 e. The number of aliphatic carboxylic acids is 4. The molecule has 666 valence electrons. The maximum absolute atomic E-state index is 12.3. The number of hydrogen-bond acceptors (Lipinski definition) is 43. The lowest BCUT2D eigenvalue weighted by Crippen LogP contribution is -2.68. The largest absolute Gasteiger partial charge is 0.481 e. The Morgan fingerprint density at radius 1 is 0.235 bits per heavy atom. The average molecular weight is 1810 g/mol. The van der Waals surface area contributed by atoms with Gasteiger partial charge in [-0.2, -0.15) is 94.1 Å². The van der Waals surface area contributed by atoms with Crippen LogP contribution in [0.25, 0.3) is 0 Å². The number of thioether (sulfide) groups is 8. The van der Waals surface area contributed by atoms with Gasteiger partial charge in [0.15, 0.2) is 50.3 Å². The van der Waals surface area contributed by atoms with Crippen LogP contribution in [-0.4, -0.2) is 452 Å². The summed E-state index contributed by atoms with van der Waals surface area (Å²) in [5, 5.41) is 221. The third-order valence-corrected chi connectivity index (χ3v) is 28.4. The molecule has 0 saturated carbocycles. The Balaban J connectivity index is 1.09. The molecule has 0 amide bonds. The summed E-state index contributed by atoms with van der Waals surface area (Å²) in [6, 6.07) is 0. The van der Waals surface area contributed by atoms with Crippen molar-refractivity contribution >= 4 is 118 Å². The fourth-order valence-electron chi connectivity index (χ4n) is 14.1. The maximum Gasteiger partial charge on any atom is 0.304 e. The van der Waals surface area contributed by atoms with E-state index in [1.807, 2.05) is 20.8 Å². The van der Waals surface area contributed by atoms with Crippen molar-refractivity contribution in [2.45, 2.75) is 299 Å². The third kappa shape index (κ3) is 26.3. The highest BCUT2D eigenvalue weighted by Crippen LogP contribution is 2.43. The SMILES string of the molecule is CCSCC1O[C@H]2O[C@@H]3C(CSCC)O[C@H](O[C@@H]4C(CSCCC(=O)O)O[C@H](O[C@@H]5C(CSCCC(=O)O)O[C@H](O[C@@H]6C(CSCCC(=O)O)O[C@H](O[C@@H]7C(CSCCC(=O)O)O[C@H](O[C@@H]8C(CSCC)O[C@H](O[C@@H]9C(O)[C@@H](OC(CSCC)[C@H]9O)O[C@H]1CC2O)C(O)[C@H]8O)C(O)[C@H]7O)C(O)[C@H]6O)C(O)[C@H]5O)C(O)[C@H]4O)C(O)[C@H]3O. The van der Waals surface area contributed by atoms with Crippen LogP contribution in [0.2, 0.25) is 0 Å². The molecule has 115 heavy (non-hydrogen) atoms. The average Bonchev–Trinajstić information content (AvgIpc) is 0.776. The van der Waals surface area contributed by atoms with Gasteiger partial charge in [0, 0.05) is 75.5 Å². The van der Waals surface area contributed by atoms with Crippen molar-refractivity contribution in [1.29, 1.82) is 0 Å². The number of rotatable bonds is 32. The van der Waals surface area contributed by atoms with E-state index < -0.39 is 276 Å². The van der Waals surface area contributed by atoms with Gasteiger partial charge in [0.2, 0.25) is 0 Å². The molecule has 26 aliphatic rings. The van der Waals surface area contributed by atoms with Crippen LogP contribution < -0.4 is 0 Å². The van der Waals surface area contributed by atoms with Gasteiger partial charge in [-0.15, -0.1) is 0 Å². The summed E-state index contributed by atoms with van der Waals surface area (Å²) in [4.78, 5) is 47.0. The summed E-state index contributed by atoms with van der Waals surface area (Å²) in [6.45, 7) is 7.36. The smallest absolute Gasteiger partial charge is 0.304 e. The fraction of sp³-hybridized carbons (Fsp3) is 0.941. The van der Waals surface area contributed by atoms with Gasteiger partial charge in [-0.1, -0.05) is 27.7 Å². The Kier molecular flexibility index (Phi) is 40.7. The molecule has 0 aromatic carbocycles. The molecule has 26 saturated heterocycles. The second-order valence-electron chi connectivity index (χ2n) is 28.4. The molecule has 39 nitrogen and oxygen atoms in total. The standard InChI is InChI=1S/C68H112O39S8/c1-5-108-18-28-27-17-26(69)61(93-28)101-54-30(20-110-7-3)95-62(47(85)41(54)79)103-56-32(22-112-13-9-36(70)71)98-64(49(87)43(56)81)105-58-34(24-114-15-11-38(74)75)100-66(51(89)45(58)83)106-59-35(25-115-16-12-39(76)77)99-65(50(88)44(59)82)104-57-33(23-113-14-10-37(72)73)97-63(48(86)42(57)80)102-55-31(21-111-8-4)96-67(52(90)46(55)84)107-60-40(78)29(19-109-6-2)94-68(92-27)53(60)91/h26-35,40-69,78-91H,5-25H2,1-4H3,(H,70,71)(H,72,73)(H,74,75)(H,76,77)/t26?,27-,28?,29?,30?,31?,32?,33?,34?,35?,40+,41+,42+,43+,44+,45+,46+,47?,48?,49?,50?,51?,52?,53?,54+,55+,56+,57+,58+,59+,60-,61-,62+,63+,64+,65+,66+,67+,68+/m0/s1. The first-order valence-electron chi connectivity index (χ1n) is 38.1. The van der Waals surface area contributed by atoms with Crippen LogP contribution in [0, 0.1) is 0 Å². The van der Waals surface area contributed by atoms with Gasteiger partial charge >= 0.3 is 23.9 Å². The molecule has 16 unspecified atom stereocenters. The Labute approximate surface area is 697 Å². The minimum absolute atomic E-state index is 0.0233. The summed E-state index contributed by atoms with van der Waals surface area (Å²) in [5.74, 6) is -3.84. The summed E-state index contributed by atoms with van der Waals surface area (Å²) in [7, 11) is 0. The van der Waals surface area contributed by atoms with Gasteiger partial charge < -0.3 is 173 Å². The van der Waals surface area contributed by atoms with Gasteiger partial charge in [-0.3, -0.25) is 19.2 Å². The summed E-state index contributed by atoms with van der Waals surface area (Å²) in [5.41, 5.74) is 0. The molecule has 26 fully saturated rings. The van der Waals surface area contributed by atoms with Gasteiger partial charge in [-0.25, -0.2) is 0 Å². The van der Waals surface area contributed by atoms with E-state index in [4.69, 9.17) is 75.8 Å². The molecule has 0 spiro atoms. The molecule has 0 aromatic heterocycles. The van der Waals surface area contributed by atoms with Crippen molar-refractivity contribution in [3.63, 3.8) is 0 Å².